The fourth-order valence-electron chi connectivity index (χ4n) is 4.15. The maximum Gasteiger partial charge on any atom is 0.252 e. The van der Waals surface area contributed by atoms with Gasteiger partial charge >= 0.3 is 0 Å². The fourth-order valence-corrected chi connectivity index (χ4v) is 4.28. The molecular weight excluding hydrogens is 470 g/mol. The maximum atomic E-state index is 12.8. The van der Waals surface area contributed by atoms with E-state index in [0.29, 0.717) is 35.3 Å². The van der Waals surface area contributed by atoms with Crippen molar-refractivity contribution in [2.45, 2.75) is 32.4 Å². The number of benzene rings is 2. The lowest BCUT2D eigenvalue weighted by Gasteiger charge is -2.32. The number of methoxy groups -OCH3 is 3. The van der Waals surface area contributed by atoms with E-state index in [0.717, 1.165) is 37.5 Å². The van der Waals surface area contributed by atoms with E-state index in [1.165, 1.54) is 26.9 Å². The van der Waals surface area contributed by atoms with Gasteiger partial charge in [-0.15, -0.1) is 0 Å². The Bertz CT molecular complexity index is 982. The van der Waals surface area contributed by atoms with Gasteiger partial charge in [-0.2, -0.15) is 0 Å². The third-order valence-electron chi connectivity index (χ3n) is 6.26. The van der Waals surface area contributed by atoms with Crippen LogP contribution in [0.5, 0.6) is 17.2 Å². The van der Waals surface area contributed by atoms with Gasteiger partial charge in [-0.3, -0.25) is 14.5 Å². The summed E-state index contributed by atoms with van der Waals surface area (Å²) < 4.78 is 15.9. The van der Waals surface area contributed by atoms with E-state index in [1.807, 2.05) is 12.1 Å². The highest BCUT2D eigenvalue weighted by Crippen LogP contribution is 2.38. The first-order chi connectivity index (χ1) is 16.8. The number of piperidine rings is 1. The summed E-state index contributed by atoms with van der Waals surface area (Å²) in [6, 6.07) is 10.4. The Morgan fingerprint density at radius 1 is 1.03 bits per heavy atom. The molecule has 35 heavy (non-hydrogen) atoms. The summed E-state index contributed by atoms with van der Waals surface area (Å²) in [6.45, 7) is 5.13. The standard InChI is InChI=1S/C26H34ClN3O5/c1-17(29-26(32)20-13-22(33-2)24(35-4)23(14-20)34-3)25(31)28-15-18-9-11-30(12-10-18)16-19-5-7-21(27)8-6-19/h5-8,13-14,17-18H,9-12,15-16H2,1-4H3,(H,28,31)(H,29,32)/t17-/m0/s1. The molecule has 9 heteroatoms. The van der Waals surface area contributed by atoms with Crippen LogP contribution in [0.25, 0.3) is 0 Å². The number of carbonyl (C=O) groups excluding carboxylic acids is 2. The summed E-state index contributed by atoms with van der Waals surface area (Å²) in [4.78, 5) is 27.8. The molecule has 1 fully saturated rings. The molecule has 8 nitrogen and oxygen atoms in total. The highest BCUT2D eigenvalue weighted by Gasteiger charge is 2.23. The van der Waals surface area contributed by atoms with Crippen molar-refractivity contribution in [2.75, 3.05) is 41.0 Å². The monoisotopic (exact) mass is 503 g/mol. The van der Waals surface area contributed by atoms with Crippen LogP contribution in [0.15, 0.2) is 36.4 Å². The average molecular weight is 504 g/mol. The molecule has 2 amide bonds. The zero-order valence-electron chi connectivity index (χ0n) is 20.7. The second-order valence-electron chi connectivity index (χ2n) is 8.70. The fraction of sp³-hybridized carbons (Fsp3) is 0.462. The van der Waals surface area contributed by atoms with Crippen LogP contribution in [-0.2, 0) is 11.3 Å². The normalized spacial score (nSPS) is 15.2. The minimum absolute atomic E-state index is 0.214. The largest absolute Gasteiger partial charge is 0.493 e. The lowest BCUT2D eigenvalue weighted by molar-refractivity contribution is -0.122. The predicted molar refractivity (Wildman–Crippen MR) is 135 cm³/mol. The highest BCUT2D eigenvalue weighted by atomic mass is 35.5. The number of likely N-dealkylation sites (tertiary alicyclic amines) is 1. The molecule has 2 N–H and O–H groups in total. The molecule has 0 saturated carbocycles. The molecule has 1 heterocycles. The van der Waals surface area contributed by atoms with Gasteiger partial charge in [0, 0.05) is 23.7 Å². The van der Waals surface area contributed by atoms with E-state index >= 15 is 0 Å². The maximum absolute atomic E-state index is 12.8. The molecule has 1 aliphatic rings. The van der Waals surface area contributed by atoms with E-state index in [1.54, 1.807) is 19.1 Å². The first-order valence-electron chi connectivity index (χ1n) is 11.7. The number of halogens is 1. The van der Waals surface area contributed by atoms with E-state index in [4.69, 9.17) is 25.8 Å². The van der Waals surface area contributed by atoms with Gasteiger partial charge in [-0.1, -0.05) is 23.7 Å². The Morgan fingerprint density at radius 3 is 2.17 bits per heavy atom. The number of amides is 2. The number of nitrogens with zero attached hydrogens (tertiary/aromatic N) is 1. The van der Waals surface area contributed by atoms with E-state index in [-0.39, 0.29) is 5.91 Å². The summed E-state index contributed by atoms with van der Waals surface area (Å²) in [5.41, 5.74) is 1.56. The van der Waals surface area contributed by atoms with Gasteiger partial charge in [0.15, 0.2) is 11.5 Å². The van der Waals surface area contributed by atoms with Crippen LogP contribution in [0, 0.1) is 5.92 Å². The molecule has 0 bridgehead atoms. The number of hydrogen-bond donors (Lipinski definition) is 2. The number of carbonyl (C=O) groups is 2. The second-order valence-corrected chi connectivity index (χ2v) is 9.14. The van der Waals surface area contributed by atoms with Crippen molar-refractivity contribution in [1.29, 1.82) is 0 Å². The SMILES string of the molecule is COc1cc(C(=O)N[C@@H](C)C(=O)NCC2CCN(Cc3ccc(Cl)cc3)CC2)cc(OC)c1OC. The first-order valence-corrected chi connectivity index (χ1v) is 12.1. The van der Waals surface area contributed by atoms with Crippen molar-refractivity contribution in [2.24, 2.45) is 5.92 Å². The molecule has 0 unspecified atom stereocenters. The predicted octanol–water partition coefficient (Wildman–Crippen LogP) is 3.51. The van der Waals surface area contributed by atoms with Gasteiger partial charge < -0.3 is 24.8 Å². The molecular formula is C26H34ClN3O5. The van der Waals surface area contributed by atoms with Gasteiger partial charge in [0.25, 0.3) is 5.91 Å². The van der Waals surface area contributed by atoms with Gasteiger partial charge in [0.1, 0.15) is 6.04 Å². The van der Waals surface area contributed by atoms with Crippen molar-refractivity contribution in [1.82, 2.24) is 15.5 Å². The summed E-state index contributed by atoms with van der Waals surface area (Å²) in [6.07, 6.45) is 2.03. The van der Waals surface area contributed by atoms with E-state index < -0.39 is 11.9 Å². The molecule has 0 radical (unpaired) electrons. The summed E-state index contributed by atoms with van der Waals surface area (Å²) in [5.74, 6) is 0.944. The quantitative estimate of drug-likeness (QED) is 0.516. The lowest BCUT2D eigenvalue weighted by atomic mass is 9.96. The molecule has 2 aromatic rings. The van der Waals surface area contributed by atoms with E-state index in [9.17, 15) is 9.59 Å². The van der Waals surface area contributed by atoms with Crippen LogP contribution < -0.4 is 24.8 Å². The van der Waals surface area contributed by atoms with Crippen LogP contribution in [-0.4, -0.2) is 63.7 Å². The summed E-state index contributed by atoms with van der Waals surface area (Å²) in [5, 5.41) is 6.48. The lowest BCUT2D eigenvalue weighted by Crippen LogP contribution is -2.47. The third kappa shape index (κ3) is 7.26. The molecule has 0 spiro atoms. The van der Waals surface area contributed by atoms with Crippen LogP contribution >= 0.6 is 11.6 Å². The Kier molecular flexibility index (Phi) is 9.63. The first kappa shape index (κ1) is 26.6. The van der Waals surface area contributed by atoms with Crippen LogP contribution in [0.2, 0.25) is 5.02 Å². The van der Waals surface area contributed by atoms with Gasteiger partial charge in [-0.05, 0) is 68.6 Å². The van der Waals surface area contributed by atoms with Gasteiger partial charge in [0.05, 0.1) is 21.3 Å². The third-order valence-corrected chi connectivity index (χ3v) is 6.51. The highest BCUT2D eigenvalue weighted by molar-refractivity contribution is 6.30. The second kappa shape index (κ2) is 12.7. The Balaban J connectivity index is 1.45. The molecule has 1 atom stereocenters. The molecule has 1 saturated heterocycles. The van der Waals surface area contributed by atoms with Crippen LogP contribution in [0.3, 0.4) is 0 Å². The number of hydrogen-bond acceptors (Lipinski definition) is 6. The molecule has 190 valence electrons. The number of ether oxygens (including phenoxy) is 3. The summed E-state index contributed by atoms with van der Waals surface area (Å²) in [7, 11) is 4.46. The minimum Gasteiger partial charge on any atom is -0.493 e. The van der Waals surface area contributed by atoms with Gasteiger partial charge in [-0.25, -0.2) is 0 Å². The van der Waals surface area contributed by atoms with Crippen molar-refractivity contribution >= 4 is 23.4 Å². The number of nitrogens with one attached hydrogen (secondary N) is 2. The van der Waals surface area contributed by atoms with E-state index in [2.05, 4.69) is 27.7 Å². The molecule has 0 aliphatic carbocycles. The topological polar surface area (TPSA) is 89.1 Å². The molecule has 0 aromatic heterocycles. The number of rotatable bonds is 10. The zero-order chi connectivity index (χ0) is 25.4. The van der Waals surface area contributed by atoms with Crippen molar-refractivity contribution in [3.63, 3.8) is 0 Å². The molecule has 2 aromatic carbocycles. The Morgan fingerprint density at radius 2 is 1.63 bits per heavy atom. The smallest absolute Gasteiger partial charge is 0.252 e. The van der Waals surface area contributed by atoms with Crippen molar-refractivity contribution < 1.29 is 23.8 Å². The van der Waals surface area contributed by atoms with Crippen LogP contribution in [0.1, 0.15) is 35.7 Å². The summed E-state index contributed by atoms with van der Waals surface area (Å²) >= 11 is 5.96. The average Bonchev–Trinajstić information content (AvgIpc) is 2.88. The zero-order valence-corrected chi connectivity index (χ0v) is 21.5. The minimum atomic E-state index is -0.688. The molecule has 1 aliphatic heterocycles. The molecule has 3 rings (SSSR count). The van der Waals surface area contributed by atoms with Crippen LogP contribution in [0.4, 0.5) is 0 Å². The Hall–Kier alpha value is -2.97. The van der Waals surface area contributed by atoms with Crippen molar-refractivity contribution in [3.05, 3.63) is 52.5 Å². The van der Waals surface area contributed by atoms with Gasteiger partial charge in [0.2, 0.25) is 11.7 Å². The van der Waals surface area contributed by atoms with Crippen molar-refractivity contribution in [3.8, 4) is 17.2 Å². The Labute approximate surface area is 211 Å².